The lowest BCUT2D eigenvalue weighted by molar-refractivity contribution is 0.0697. The van der Waals surface area contributed by atoms with Crippen LogP contribution in [0.4, 0.5) is 0 Å². The molecular formula is C25H36O3Si. The number of hydrogen-bond acceptors (Lipinski definition) is 2. The van der Waals surface area contributed by atoms with Crippen molar-refractivity contribution in [3.63, 3.8) is 0 Å². The van der Waals surface area contributed by atoms with Crippen molar-refractivity contribution in [2.45, 2.75) is 70.6 Å². The van der Waals surface area contributed by atoms with Crippen LogP contribution >= 0.6 is 0 Å². The summed E-state index contributed by atoms with van der Waals surface area (Å²) in [7, 11) is -0.948. The topological polar surface area (TPSA) is 46.5 Å². The van der Waals surface area contributed by atoms with Gasteiger partial charge in [0.2, 0.25) is 0 Å². The second-order valence-electron chi connectivity index (χ2n) is 8.69. The van der Waals surface area contributed by atoms with Crippen molar-refractivity contribution in [2.75, 3.05) is 6.61 Å². The number of ether oxygens (including phenoxy) is 1. The minimum Gasteiger partial charge on any atom is -0.494 e. The van der Waals surface area contributed by atoms with Gasteiger partial charge in [0.25, 0.3) is 0 Å². The predicted molar refractivity (Wildman–Crippen MR) is 125 cm³/mol. The summed E-state index contributed by atoms with van der Waals surface area (Å²) < 4.78 is 5.88. The third kappa shape index (κ3) is 8.44. The first-order valence-electron chi connectivity index (χ1n) is 11.0. The molecule has 0 amide bonds. The van der Waals surface area contributed by atoms with Crippen molar-refractivity contribution in [3.05, 3.63) is 54.1 Å². The lowest BCUT2D eigenvalue weighted by atomic mass is 10.0. The quantitative estimate of drug-likeness (QED) is 0.274. The highest BCUT2D eigenvalue weighted by atomic mass is 28.3. The summed E-state index contributed by atoms with van der Waals surface area (Å²) in [5.41, 5.74) is 2.37. The van der Waals surface area contributed by atoms with Gasteiger partial charge in [-0.15, -0.1) is 0 Å². The van der Waals surface area contributed by atoms with Crippen molar-refractivity contribution < 1.29 is 14.6 Å². The number of hydrogen-bond donors (Lipinski definition) is 1. The average Bonchev–Trinajstić information content (AvgIpc) is 2.72. The Hall–Kier alpha value is -2.07. The molecule has 0 heterocycles. The number of rotatable bonds is 13. The largest absolute Gasteiger partial charge is 0.494 e. The van der Waals surface area contributed by atoms with Gasteiger partial charge in [-0.05, 0) is 41.8 Å². The molecule has 0 saturated heterocycles. The van der Waals surface area contributed by atoms with E-state index in [4.69, 9.17) is 9.84 Å². The fourth-order valence-corrected chi connectivity index (χ4v) is 6.35. The molecule has 1 N–H and O–H groups in total. The second-order valence-corrected chi connectivity index (χ2v) is 14.0. The van der Waals surface area contributed by atoms with E-state index in [0.717, 1.165) is 29.9 Å². The molecule has 0 fully saturated rings. The SMILES string of the molecule is CCCC[Si](C)(C)CCCCCCOc1ccc(-c2ccc(C(=O)O)cc2)cc1. The third-order valence-corrected chi connectivity index (χ3v) is 8.96. The lowest BCUT2D eigenvalue weighted by Crippen LogP contribution is -2.24. The minimum absolute atomic E-state index is 0.306. The summed E-state index contributed by atoms with van der Waals surface area (Å²) >= 11 is 0. The number of unbranched alkanes of at least 4 members (excludes halogenated alkanes) is 4. The van der Waals surface area contributed by atoms with Crippen LogP contribution in [-0.2, 0) is 0 Å². The van der Waals surface area contributed by atoms with Crippen LogP contribution in [0.5, 0.6) is 5.75 Å². The Labute approximate surface area is 177 Å². The van der Waals surface area contributed by atoms with Crippen LogP contribution in [0.25, 0.3) is 11.1 Å². The Bertz CT molecular complexity index is 736. The fourth-order valence-electron chi connectivity index (χ4n) is 3.58. The van der Waals surface area contributed by atoms with Crippen LogP contribution < -0.4 is 4.74 Å². The van der Waals surface area contributed by atoms with Gasteiger partial charge < -0.3 is 9.84 Å². The van der Waals surface area contributed by atoms with E-state index in [2.05, 4.69) is 20.0 Å². The van der Waals surface area contributed by atoms with E-state index < -0.39 is 14.0 Å². The van der Waals surface area contributed by atoms with Crippen molar-refractivity contribution in [3.8, 4) is 16.9 Å². The number of aromatic carboxylic acids is 1. The third-order valence-electron chi connectivity index (χ3n) is 5.54. The molecule has 2 aromatic carbocycles. The molecule has 0 unspecified atom stereocenters. The predicted octanol–water partition coefficient (Wildman–Crippen LogP) is 7.50. The molecular weight excluding hydrogens is 376 g/mol. The van der Waals surface area contributed by atoms with Crippen LogP contribution in [-0.4, -0.2) is 25.8 Å². The summed E-state index contributed by atoms with van der Waals surface area (Å²) in [6, 6.07) is 17.9. The minimum atomic E-state index is -0.948. The van der Waals surface area contributed by atoms with Crippen molar-refractivity contribution >= 4 is 14.0 Å². The molecule has 0 aliphatic carbocycles. The zero-order valence-electron chi connectivity index (χ0n) is 18.2. The number of benzene rings is 2. The number of carboxylic acids is 1. The smallest absolute Gasteiger partial charge is 0.335 e. The Morgan fingerprint density at radius 1 is 0.828 bits per heavy atom. The molecule has 2 aromatic rings. The van der Waals surface area contributed by atoms with Gasteiger partial charge in [0.05, 0.1) is 12.2 Å². The monoisotopic (exact) mass is 412 g/mol. The van der Waals surface area contributed by atoms with E-state index in [0.29, 0.717) is 5.56 Å². The van der Waals surface area contributed by atoms with Gasteiger partial charge in [0.1, 0.15) is 5.75 Å². The van der Waals surface area contributed by atoms with E-state index in [-0.39, 0.29) is 0 Å². The van der Waals surface area contributed by atoms with Gasteiger partial charge in [-0.1, -0.05) is 88.5 Å². The second kappa shape index (κ2) is 11.8. The molecule has 0 atom stereocenters. The lowest BCUT2D eigenvalue weighted by Gasteiger charge is -2.21. The maximum absolute atomic E-state index is 10.9. The summed E-state index contributed by atoms with van der Waals surface area (Å²) in [6.45, 7) is 8.13. The molecule has 158 valence electrons. The first-order valence-corrected chi connectivity index (χ1v) is 14.4. The zero-order chi connectivity index (χ0) is 21.1. The average molecular weight is 413 g/mol. The first kappa shape index (κ1) is 23.2. The molecule has 2 rings (SSSR count). The van der Waals surface area contributed by atoms with Gasteiger partial charge in [-0.3, -0.25) is 0 Å². The van der Waals surface area contributed by atoms with Gasteiger partial charge >= 0.3 is 5.97 Å². The Kier molecular flexibility index (Phi) is 9.45. The normalized spacial score (nSPS) is 11.4. The molecule has 29 heavy (non-hydrogen) atoms. The molecule has 0 spiro atoms. The highest BCUT2D eigenvalue weighted by molar-refractivity contribution is 6.77. The molecule has 0 saturated carbocycles. The standard InChI is InChI=1S/C25H36O3Si/c1-4-5-19-29(2,3)20-9-7-6-8-18-28-24-16-14-22(15-17-24)21-10-12-23(13-11-21)25(26)27/h10-17H,4-9,18-20H2,1-3H3,(H,26,27). The summed E-state index contributed by atoms with van der Waals surface area (Å²) in [6.07, 6.45) is 7.77. The van der Waals surface area contributed by atoms with Crippen molar-refractivity contribution in [1.82, 2.24) is 0 Å². The van der Waals surface area contributed by atoms with E-state index in [1.165, 1.54) is 44.2 Å². The van der Waals surface area contributed by atoms with Crippen LogP contribution in [0.1, 0.15) is 55.8 Å². The molecule has 0 bridgehead atoms. The van der Waals surface area contributed by atoms with Gasteiger partial charge in [0, 0.05) is 8.07 Å². The van der Waals surface area contributed by atoms with Crippen molar-refractivity contribution in [1.29, 1.82) is 0 Å². The Balaban J connectivity index is 1.66. The van der Waals surface area contributed by atoms with Crippen molar-refractivity contribution in [2.24, 2.45) is 0 Å². The van der Waals surface area contributed by atoms with Crippen LogP contribution in [0.15, 0.2) is 48.5 Å². The van der Waals surface area contributed by atoms with Gasteiger partial charge in [-0.2, -0.15) is 0 Å². The molecule has 0 aliphatic heterocycles. The highest BCUT2D eigenvalue weighted by Crippen LogP contribution is 2.24. The van der Waals surface area contributed by atoms with Crippen LogP contribution in [0.2, 0.25) is 25.2 Å². The van der Waals surface area contributed by atoms with E-state index >= 15 is 0 Å². The maximum Gasteiger partial charge on any atom is 0.335 e. The molecule has 3 nitrogen and oxygen atoms in total. The zero-order valence-corrected chi connectivity index (χ0v) is 19.2. The van der Waals surface area contributed by atoms with E-state index in [1.807, 2.05) is 36.4 Å². The summed E-state index contributed by atoms with van der Waals surface area (Å²) in [4.78, 5) is 10.9. The molecule has 0 aliphatic rings. The van der Waals surface area contributed by atoms with Gasteiger partial charge in [-0.25, -0.2) is 4.79 Å². The van der Waals surface area contributed by atoms with E-state index in [1.54, 1.807) is 12.1 Å². The van der Waals surface area contributed by atoms with Crippen LogP contribution in [0, 0.1) is 0 Å². The van der Waals surface area contributed by atoms with E-state index in [9.17, 15) is 4.79 Å². The van der Waals surface area contributed by atoms with Crippen LogP contribution in [0.3, 0.4) is 0 Å². The van der Waals surface area contributed by atoms with Gasteiger partial charge in [0.15, 0.2) is 0 Å². The molecule has 0 radical (unpaired) electrons. The summed E-state index contributed by atoms with van der Waals surface area (Å²) in [5, 5.41) is 8.98. The molecule has 0 aromatic heterocycles. The Morgan fingerprint density at radius 3 is 1.97 bits per heavy atom. The highest BCUT2D eigenvalue weighted by Gasteiger charge is 2.18. The maximum atomic E-state index is 10.9. The first-order chi connectivity index (χ1) is 13.9. The number of carbonyl (C=O) groups is 1. The molecule has 4 heteroatoms. The summed E-state index contributed by atoms with van der Waals surface area (Å²) in [5.74, 6) is -0.00779. The fraction of sp³-hybridized carbons (Fsp3) is 0.480. The Morgan fingerprint density at radius 2 is 1.38 bits per heavy atom. The number of carboxylic acid groups (broad SMARTS) is 1.